The smallest absolute Gasteiger partial charge is 0.309 e. The first-order valence-corrected chi connectivity index (χ1v) is 11.4. The Kier molecular flexibility index (Phi) is 7.83. The Balaban J connectivity index is 1.32. The molecule has 3 aromatic rings. The molecule has 0 unspecified atom stereocenters. The topological polar surface area (TPSA) is 87.0 Å². The molecule has 8 nitrogen and oxygen atoms in total. The monoisotopic (exact) mass is 462 g/mol. The van der Waals surface area contributed by atoms with Gasteiger partial charge in [0.25, 0.3) is 0 Å². The van der Waals surface area contributed by atoms with Gasteiger partial charge in [0.15, 0.2) is 0 Å². The summed E-state index contributed by atoms with van der Waals surface area (Å²) in [6.45, 7) is 3.86. The summed E-state index contributed by atoms with van der Waals surface area (Å²) in [7, 11) is 1.57. The number of piperazine rings is 1. The molecule has 1 aliphatic rings. The highest BCUT2D eigenvalue weighted by Crippen LogP contribution is 2.24. The zero-order valence-electron chi connectivity index (χ0n) is 19.3. The molecule has 0 saturated carbocycles. The highest BCUT2D eigenvalue weighted by atomic mass is 16.5. The lowest BCUT2D eigenvalue weighted by Crippen LogP contribution is -2.50. The van der Waals surface area contributed by atoms with Crippen molar-refractivity contribution in [3.05, 3.63) is 84.3 Å². The third kappa shape index (κ3) is 5.77. The minimum Gasteiger partial charge on any atom is -0.496 e. The molecular formula is C26H30N4O4. The van der Waals surface area contributed by atoms with Crippen LogP contribution in [0.1, 0.15) is 17.4 Å². The molecule has 2 heterocycles. The van der Waals surface area contributed by atoms with Gasteiger partial charge in [-0.1, -0.05) is 36.4 Å². The van der Waals surface area contributed by atoms with Crippen molar-refractivity contribution in [2.24, 2.45) is 0 Å². The third-order valence-corrected chi connectivity index (χ3v) is 6.04. The second-order valence-electron chi connectivity index (χ2n) is 8.09. The van der Waals surface area contributed by atoms with Gasteiger partial charge in [-0.2, -0.15) is 0 Å². The fourth-order valence-electron chi connectivity index (χ4n) is 4.20. The van der Waals surface area contributed by atoms with Crippen LogP contribution in [0.15, 0.2) is 77.4 Å². The molecule has 2 N–H and O–H groups in total. The predicted octanol–water partition coefficient (Wildman–Crippen LogP) is 2.58. The van der Waals surface area contributed by atoms with Crippen LogP contribution >= 0.6 is 0 Å². The number of para-hydroxylation sites is 2. The normalized spacial score (nSPS) is 14.9. The summed E-state index contributed by atoms with van der Waals surface area (Å²) in [4.78, 5) is 29.5. The molecular weight excluding hydrogens is 432 g/mol. The van der Waals surface area contributed by atoms with Gasteiger partial charge in [0.1, 0.15) is 11.5 Å². The summed E-state index contributed by atoms with van der Waals surface area (Å²) in [5.74, 6) is 0.0750. The molecule has 1 saturated heterocycles. The zero-order valence-corrected chi connectivity index (χ0v) is 19.3. The first-order valence-electron chi connectivity index (χ1n) is 11.4. The highest BCUT2D eigenvalue weighted by molar-refractivity contribution is 6.35. The molecule has 2 amide bonds. The van der Waals surface area contributed by atoms with Crippen molar-refractivity contribution in [2.75, 3.05) is 44.7 Å². The first-order chi connectivity index (χ1) is 16.7. The number of rotatable bonds is 8. The molecule has 0 radical (unpaired) electrons. The van der Waals surface area contributed by atoms with E-state index in [2.05, 4.69) is 32.6 Å². The number of hydrogen-bond acceptors (Lipinski definition) is 6. The number of methoxy groups -OCH3 is 1. The van der Waals surface area contributed by atoms with Crippen LogP contribution in [0.3, 0.4) is 0 Å². The number of carbonyl (C=O) groups excluding carboxylic acids is 2. The average molecular weight is 463 g/mol. The molecule has 1 atom stereocenters. The van der Waals surface area contributed by atoms with Gasteiger partial charge in [0.2, 0.25) is 0 Å². The van der Waals surface area contributed by atoms with E-state index < -0.39 is 11.8 Å². The number of anilines is 1. The van der Waals surface area contributed by atoms with Crippen molar-refractivity contribution in [2.45, 2.75) is 12.6 Å². The maximum atomic E-state index is 12.5. The van der Waals surface area contributed by atoms with Crippen LogP contribution < -0.4 is 20.3 Å². The Hall–Kier alpha value is -3.78. The number of hydrogen-bond donors (Lipinski definition) is 2. The van der Waals surface area contributed by atoms with E-state index in [1.54, 1.807) is 13.4 Å². The standard InChI is InChI=1S/C26H30N4O4/c1-33-23-11-6-5-8-20(23)18-27-25(31)26(32)28-19-22(24-12-7-17-34-24)30-15-13-29(14-16-30)21-9-3-2-4-10-21/h2-12,17,22H,13-16,18-19H2,1H3,(H,27,31)(H,28,32)/t22-/m1/s1. The van der Waals surface area contributed by atoms with Gasteiger partial charge in [-0.25, -0.2) is 0 Å². The number of nitrogens with zero attached hydrogens (tertiary/aromatic N) is 2. The van der Waals surface area contributed by atoms with Crippen molar-refractivity contribution >= 4 is 17.5 Å². The molecule has 1 aromatic heterocycles. The molecule has 2 aromatic carbocycles. The van der Waals surface area contributed by atoms with Gasteiger partial charge in [-0.15, -0.1) is 0 Å². The van der Waals surface area contributed by atoms with Gasteiger partial charge in [0, 0.05) is 50.5 Å². The molecule has 8 heteroatoms. The molecule has 0 spiro atoms. The van der Waals surface area contributed by atoms with Crippen LogP contribution in [0.4, 0.5) is 5.69 Å². The summed E-state index contributed by atoms with van der Waals surface area (Å²) in [6, 6.07) is 21.3. The molecule has 4 rings (SSSR count). The van der Waals surface area contributed by atoms with E-state index in [4.69, 9.17) is 9.15 Å². The SMILES string of the molecule is COc1ccccc1CNC(=O)C(=O)NC[C@H](c1ccco1)N1CCN(c2ccccc2)CC1. The minimum absolute atomic E-state index is 0.154. The zero-order chi connectivity index (χ0) is 23.8. The number of furan rings is 1. The van der Waals surface area contributed by atoms with E-state index in [1.165, 1.54) is 5.69 Å². The van der Waals surface area contributed by atoms with Crippen LogP contribution in [0.2, 0.25) is 0 Å². The summed E-state index contributed by atoms with van der Waals surface area (Å²) in [5, 5.41) is 5.44. The van der Waals surface area contributed by atoms with Crippen molar-refractivity contribution in [3.63, 3.8) is 0 Å². The lowest BCUT2D eigenvalue weighted by Gasteiger charge is -2.39. The number of benzene rings is 2. The number of amides is 2. The fourth-order valence-corrected chi connectivity index (χ4v) is 4.20. The molecule has 34 heavy (non-hydrogen) atoms. The molecule has 0 aliphatic carbocycles. The fraction of sp³-hybridized carbons (Fsp3) is 0.308. The maximum absolute atomic E-state index is 12.5. The van der Waals surface area contributed by atoms with Gasteiger partial charge in [-0.05, 0) is 30.3 Å². The minimum atomic E-state index is -0.682. The van der Waals surface area contributed by atoms with Crippen molar-refractivity contribution in [1.29, 1.82) is 0 Å². The molecule has 178 valence electrons. The predicted molar refractivity (Wildman–Crippen MR) is 130 cm³/mol. The molecule has 1 aliphatic heterocycles. The van der Waals surface area contributed by atoms with Crippen LogP contribution in [0.5, 0.6) is 5.75 Å². The second kappa shape index (κ2) is 11.4. The Morgan fingerprint density at radius 1 is 0.912 bits per heavy atom. The van der Waals surface area contributed by atoms with Crippen molar-refractivity contribution < 1.29 is 18.7 Å². The summed E-state index contributed by atoms with van der Waals surface area (Å²) < 4.78 is 11.0. The van der Waals surface area contributed by atoms with Gasteiger partial charge in [0.05, 0.1) is 19.4 Å². The van der Waals surface area contributed by atoms with E-state index >= 15 is 0 Å². The van der Waals surface area contributed by atoms with Gasteiger partial charge in [-0.3, -0.25) is 14.5 Å². The molecule has 0 bridgehead atoms. The first kappa shape index (κ1) is 23.4. The Bertz CT molecular complexity index is 1060. The maximum Gasteiger partial charge on any atom is 0.309 e. The average Bonchev–Trinajstić information content (AvgIpc) is 3.43. The largest absolute Gasteiger partial charge is 0.496 e. The highest BCUT2D eigenvalue weighted by Gasteiger charge is 2.28. The van der Waals surface area contributed by atoms with Crippen molar-refractivity contribution in [1.82, 2.24) is 15.5 Å². The van der Waals surface area contributed by atoms with Gasteiger partial charge >= 0.3 is 11.8 Å². The van der Waals surface area contributed by atoms with E-state index in [0.717, 1.165) is 37.5 Å². The van der Waals surface area contributed by atoms with Crippen LogP contribution in [0, 0.1) is 0 Å². The quantitative estimate of drug-likeness (QED) is 0.501. The summed E-state index contributed by atoms with van der Waals surface area (Å²) >= 11 is 0. The Morgan fingerprint density at radius 2 is 1.62 bits per heavy atom. The third-order valence-electron chi connectivity index (χ3n) is 6.04. The number of ether oxygens (including phenoxy) is 1. The van der Waals surface area contributed by atoms with E-state index in [0.29, 0.717) is 5.75 Å². The number of nitrogens with one attached hydrogen (secondary N) is 2. The van der Waals surface area contributed by atoms with E-state index in [9.17, 15) is 9.59 Å². The van der Waals surface area contributed by atoms with Crippen LogP contribution in [-0.2, 0) is 16.1 Å². The lowest BCUT2D eigenvalue weighted by molar-refractivity contribution is -0.139. The van der Waals surface area contributed by atoms with Crippen LogP contribution in [0.25, 0.3) is 0 Å². The molecule has 1 fully saturated rings. The Morgan fingerprint density at radius 3 is 2.32 bits per heavy atom. The summed E-state index contributed by atoms with van der Waals surface area (Å²) in [5.41, 5.74) is 2.01. The number of carbonyl (C=O) groups is 2. The van der Waals surface area contributed by atoms with Crippen molar-refractivity contribution in [3.8, 4) is 5.75 Å². The van der Waals surface area contributed by atoms with Crippen LogP contribution in [-0.4, -0.2) is 56.5 Å². The van der Waals surface area contributed by atoms with E-state index in [-0.39, 0.29) is 19.1 Å². The lowest BCUT2D eigenvalue weighted by atomic mass is 10.1. The van der Waals surface area contributed by atoms with E-state index in [1.807, 2.05) is 54.6 Å². The van der Waals surface area contributed by atoms with Gasteiger partial charge < -0.3 is 24.7 Å². The Labute approximate surface area is 199 Å². The second-order valence-corrected chi connectivity index (χ2v) is 8.09. The summed E-state index contributed by atoms with van der Waals surface area (Å²) in [6.07, 6.45) is 1.63.